The number of hydrogen-bond donors (Lipinski definition) is 1. The zero-order valence-corrected chi connectivity index (χ0v) is 23.3. The predicted octanol–water partition coefficient (Wildman–Crippen LogP) is 3.87. The number of sulfone groups is 1. The second-order valence-electron chi connectivity index (χ2n) is 10.4. The number of unbranched alkanes of at least 4 members (excludes halogenated alkanes) is 2. The summed E-state index contributed by atoms with van der Waals surface area (Å²) in [6.07, 6.45) is 4.14. The van der Waals surface area contributed by atoms with Crippen molar-refractivity contribution in [2.24, 2.45) is 5.92 Å². The molecule has 1 amide bonds. The van der Waals surface area contributed by atoms with Gasteiger partial charge in [0.15, 0.2) is 21.3 Å². The van der Waals surface area contributed by atoms with Gasteiger partial charge in [-0.25, -0.2) is 8.42 Å². The van der Waals surface area contributed by atoms with Gasteiger partial charge in [0, 0.05) is 25.6 Å². The van der Waals surface area contributed by atoms with Gasteiger partial charge >= 0.3 is 0 Å². The van der Waals surface area contributed by atoms with Crippen LogP contribution in [0, 0.1) is 5.92 Å². The normalized spacial score (nSPS) is 18.2. The third-order valence-corrected chi connectivity index (χ3v) is 8.99. The highest BCUT2D eigenvalue weighted by Crippen LogP contribution is 2.31. The van der Waals surface area contributed by atoms with E-state index in [-0.39, 0.29) is 17.7 Å². The van der Waals surface area contributed by atoms with Gasteiger partial charge in [-0.15, -0.1) is 0 Å². The van der Waals surface area contributed by atoms with Crippen molar-refractivity contribution in [3.63, 3.8) is 0 Å². The zero-order valence-electron chi connectivity index (χ0n) is 22.5. The lowest BCUT2D eigenvalue weighted by molar-refractivity contribution is -0.122. The summed E-state index contributed by atoms with van der Waals surface area (Å²) in [5.41, 5.74) is 1.11. The Balaban J connectivity index is 1.25. The van der Waals surface area contributed by atoms with E-state index < -0.39 is 9.84 Å². The maximum Gasteiger partial charge on any atom is 0.220 e. The number of rotatable bonds is 13. The molecule has 2 aromatic carbocycles. The van der Waals surface area contributed by atoms with Gasteiger partial charge in [-0.2, -0.15) is 0 Å². The Morgan fingerprint density at radius 3 is 2.55 bits per heavy atom. The Hall–Kier alpha value is -2.78. The third kappa shape index (κ3) is 8.11. The van der Waals surface area contributed by atoms with E-state index in [2.05, 4.69) is 17.1 Å². The highest BCUT2D eigenvalue weighted by molar-refractivity contribution is 7.91. The van der Waals surface area contributed by atoms with Crippen molar-refractivity contribution in [3.8, 4) is 17.2 Å². The minimum absolute atomic E-state index is 0.00851. The minimum Gasteiger partial charge on any atom is -0.497 e. The van der Waals surface area contributed by atoms with E-state index in [1.807, 2.05) is 18.2 Å². The van der Waals surface area contributed by atoms with E-state index >= 15 is 0 Å². The number of likely N-dealkylation sites (tertiary alicyclic amines) is 1. The Labute approximate surface area is 226 Å². The molecular weight excluding hydrogens is 504 g/mol. The Bertz CT molecular complexity index is 1170. The first kappa shape index (κ1) is 28.2. The number of amides is 1. The summed E-state index contributed by atoms with van der Waals surface area (Å²) in [5.74, 6) is 2.91. The topological polar surface area (TPSA) is 94.2 Å². The highest BCUT2D eigenvalue weighted by atomic mass is 32.2. The molecule has 2 aromatic rings. The van der Waals surface area contributed by atoms with E-state index in [4.69, 9.17) is 14.2 Å². The smallest absolute Gasteiger partial charge is 0.220 e. The number of methoxy groups -OCH3 is 1. The number of carbonyl (C=O) groups excluding carboxylic acids is 1. The fourth-order valence-corrected chi connectivity index (χ4v) is 6.49. The molecule has 0 bridgehead atoms. The average molecular weight is 545 g/mol. The molecule has 2 aliphatic rings. The average Bonchev–Trinajstić information content (AvgIpc) is 3.32. The molecule has 0 spiro atoms. The summed E-state index contributed by atoms with van der Waals surface area (Å²) in [6, 6.07) is 12.5. The van der Waals surface area contributed by atoms with Crippen molar-refractivity contribution < 1.29 is 27.4 Å². The fourth-order valence-electron chi connectivity index (χ4n) is 5.12. The van der Waals surface area contributed by atoms with Crippen molar-refractivity contribution in [3.05, 3.63) is 48.0 Å². The summed E-state index contributed by atoms with van der Waals surface area (Å²) >= 11 is 0. The summed E-state index contributed by atoms with van der Waals surface area (Å²) in [7, 11) is -1.80. The second kappa shape index (κ2) is 13.3. The molecule has 2 atom stereocenters. The van der Waals surface area contributed by atoms with Crippen LogP contribution in [0.2, 0.25) is 0 Å². The first-order chi connectivity index (χ1) is 18.3. The molecular formula is C29H40N2O6S. The van der Waals surface area contributed by atoms with Crippen LogP contribution in [0.1, 0.15) is 44.6 Å². The van der Waals surface area contributed by atoms with Crippen molar-refractivity contribution in [1.29, 1.82) is 0 Å². The van der Waals surface area contributed by atoms with E-state index in [1.54, 1.807) is 31.4 Å². The number of nitrogens with zero attached hydrogens (tertiary/aromatic N) is 1. The summed E-state index contributed by atoms with van der Waals surface area (Å²) in [4.78, 5) is 15.6. The first-order valence-corrected chi connectivity index (χ1v) is 15.2. The van der Waals surface area contributed by atoms with Crippen LogP contribution >= 0.6 is 0 Å². The van der Waals surface area contributed by atoms with Crippen LogP contribution in [0.25, 0.3) is 0 Å². The Morgan fingerprint density at radius 2 is 1.84 bits per heavy atom. The lowest BCUT2D eigenvalue weighted by atomic mass is 10.0. The van der Waals surface area contributed by atoms with Crippen molar-refractivity contribution >= 4 is 15.7 Å². The molecule has 0 radical (unpaired) electrons. The monoisotopic (exact) mass is 544 g/mol. The van der Waals surface area contributed by atoms with E-state index in [1.165, 1.54) is 6.42 Å². The standard InChI is InChI=1S/C29H40N2O6S/c1-22-13-14-31(20-22)21-24(18-23-7-12-27-28(19-23)37-16-15-36-27)30-29(32)6-4-3-5-17-38(33,34)26-10-8-25(35-2)9-11-26/h7-12,19,22,24H,3-6,13-18,20-21H2,1-2H3,(H,30,32)/t22-,24+/m1/s1. The van der Waals surface area contributed by atoms with Crippen molar-refractivity contribution in [2.45, 2.75) is 56.4 Å². The SMILES string of the molecule is COc1ccc(S(=O)(=O)CCCCCC(=O)N[C@@H](Cc2ccc3c(c2)OCCO3)CN2CC[C@@H](C)C2)cc1. The predicted molar refractivity (Wildman–Crippen MR) is 147 cm³/mol. The zero-order chi connectivity index (χ0) is 27.0. The lowest BCUT2D eigenvalue weighted by Gasteiger charge is -2.26. The molecule has 0 saturated carbocycles. The number of ether oxygens (including phenoxy) is 3. The number of carbonyl (C=O) groups is 1. The number of benzene rings is 2. The molecule has 0 aromatic heterocycles. The molecule has 208 valence electrons. The Kier molecular flexibility index (Phi) is 9.91. The van der Waals surface area contributed by atoms with Crippen LogP contribution in [0.15, 0.2) is 47.4 Å². The molecule has 2 heterocycles. The van der Waals surface area contributed by atoms with Crippen molar-refractivity contribution in [1.82, 2.24) is 10.2 Å². The minimum atomic E-state index is -3.35. The maximum absolute atomic E-state index is 12.9. The van der Waals surface area contributed by atoms with Gasteiger partial charge in [-0.3, -0.25) is 4.79 Å². The van der Waals surface area contributed by atoms with Gasteiger partial charge in [0.2, 0.25) is 5.91 Å². The van der Waals surface area contributed by atoms with Crippen LogP contribution in [-0.4, -0.2) is 71.0 Å². The molecule has 38 heavy (non-hydrogen) atoms. The highest BCUT2D eigenvalue weighted by Gasteiger charge is 2.24. The van der Waals surface area contributed by atoms with Gasteiger partial charge in [0.05, 0.1) is 17.8 Å². The quantitative estimate of drug-likeness (QED) is 0.383. The van der Waals surface area contributed by atoms with E-state index in [0.29, 0.717) is 61.9 Å². The van der Waals surface area contributed by atoms with E-state index in [0.717, 1.165) is 36.7 Å². The molecule has 1 saturated heterocycles. The molecule has 9 heteroatoms. The van der Waals surface area contributed by atoms with Gasteiger partial charge in [-0.05, 0) is 80.1 Å². The van der Waals surface area contributed by atoms with Gasteiger partial charge in [-0.1, -0.05) is 19.4 Å². The molecule has 8 nitrogen and oxygen atoms in total. The van der Waals surface area contributed by atoms with Crippen molar-refractivity contribution in [2.75, 3.05) is 45.7 Å². The maximum atomic E-state index is 12.9. The van der Waals surface area contributed by atoms with Crippen LogP contribution in [-0.2, 0) is 21.1 Å². The molecule has 1 N–H and O–H groups in total. The van der Waals surface area contributed by atoms with Gasteiger partial charge < -0.3 is 24.4 Å². The molecule has 0 aliphatic carbocycles. The summed E-state index contributed by atoms with van der Waals surface area (Å²) in [6.45, 7) is 6.29. The van der Waals surface area contributed by atoms with Crippen LogP contribution in [0.5, 0.6) is 17.2 Å². The fraction of sp³-hybridized carbons (Fsp3) is 0.552. The number of hydrogen-bond acceptors (Lipinski definition) is 7. The summed E-state index contributed by atoms with van der Waals surface area (Å²) < 4.78 is 41.6. The Morgan fingerprint density at radius 1 is 1.08 bits per heavy atom. The number of fused-ring (bicyclic) bond motifs is 1. The van der Waals surface area contributed by atoms with Crippen LogP contribution in [0.4, 0.5) is 0 Å². The largest absolute Gasteiger partial charge is 0.497 e. The lowest BCUT2D eigenvalue weighted by Crippen LogP contribution is -2.44. The van der Waals surface area contributed by atoms with E-state index in [9.17, 15) is 13.2 Å². The molecule has 2 aliphatic heterocycles. The molecule has 0 unspecified atom stereocenters. The molecule has 4 rings (SSSR count). The third-order valence-electron chi connectivity index (χ3n) is 7.18. The van der Waals surface area contributed by atoms with Crippen LogP contribution < -0.4 is 19.5 Å². The van der Waals surface area contributed by atoms with Gasteiger partial charge in [0.1, 0.15) is 19.0 Å². The van der Waals surface area contributed by atoms with Gasteiger partial charge in [0.25, 0.3) is 0 Å². The second-order valence-corrected chi connectivity index (χ2v) is 12.5. The van der Waals surface area contributed by atoms with Crippen LogP contribution in [0.3, 0.4) is 0 Å². The number of nitrogens with one attached hydrogen (secondary N) is 1. The molecule has 1 fully saturated rings. The first-order valence-electron chi connectivity index (χ1n) is 13.6. The summed E-state index contributed by atoms with van der Waals surface area (Å²) in [5, 5.41) is 3.25.